The molecular weight excluding hydrogens is 218 g/mol. The Morgan fingerprint density at radius 2 is 2.00 bits per heavy atom. The third kappa shape index (κ3) is 3.84. The minimum atomic E-state index is -0.650. The SMILES string of the molecule is C[C@@H]1CCC/C(=N\NC(=O)C(=O)NC2CC2)C1. The third-order valence-corrected chi connectivity index (χ3v) is 3.18. The molecule has 0 spiro atoms. The van der Waals surface area contributed by atoms with Gasteiger partial charge in [0.15, 0.2) is 0 Å². The fourth-order valence-electron chi connectivity index (χ4n) is 2.02. The van der Waals surface area contributed by atoms with Gasteiger partial charge in [-0.2, -0.15) is 5.10 Å². The lowest BCUT2D eigenvalue weighted by atomic mass is 9.89. The lowest BCUT2D eigenvalue weighted by Gasteiger charge is -2.18. The second-order valence-corrected chi connectivity index (χ2v) is 5.07. The number of carbonyl (C=O) groups is 2. The first kappa shape index (κ1) is 12.1. The smallest absolute Gasteiger partial charge is 0.329 e. The van der Waals surface area contributed by atoms with Crippen molar-refractivity contribution < 1.29 is 9.59 Å². The standard InChI is InChI=1S/C12H19N3O2/c1-8-3-2-4-10(7-8)14-15-12(17)11(16)13-9-5-6-9/h8-9H,2-7H2,1H3,(H,13,16)(H,15,17)/b14-10+/t8-/m1/s1. The van der Waals surface area contributed by atoms with Crippen LogP contribution in [-0.4, -0.2) is 23.6 Å². The van der Waals surface area contributed by atoms with Crippen molar-refractivity contribution >= 4 is 17.5 Å². The minimum Gasteiger partial charge on any atom is -0.345 e. The van der Waals surface area contributed by atoms with Crippen LogP contribution in [0.25, 0.3) is 0 Å². The van der Waals surface area contributed by atoms with Crippen LogP contribution < -0.4 is 10.7 Å². The molecule has 0 aromatic heterocycles. The largest absolute Gasteiger partial charge is 0.345 e. The molecule has 2 aliphatic rings. The Bertz CT molecular complexity index is 348. The number of hydrogen-bond acceptors (Lipinski definition) is 3. The van der Waals surface area contributed by atoms with Crippen LogP contribution in [0.15, 0.2) is 5.10 Å². The van der Waals surface area contributed by atoms with Gasteiger partial charge in [0.05, 0.1) is 0 Å². The van der Waals surface area contributed by atoms with Crippen molar-refractivity contribution in [1.82, 2.24) is 10.7 Å². The van der Waals surface area contributed by atoms with E-state index in [2.05, 4.69) is 22.8 Å². The summed E-state index contributed by atoms with van der Waals surface area (Å²) in [7, 11) is 0. The molecule has 2 saturated carbocycles. The summed E-state index contributed by atoms with van der Waals surface area (Å²) in [6, 6.07) is 0.204. The van der Waals surface area contributed by atoms with E-state index in [9.17, 15) is 9.59 Å². The Hall–Kier alpha value is -1.39. The summed E-state index contributed by atoms with van der Waals surface area (Å²) in [4.78, 5) is 22.7. The molecule has 0 aliphatic heterocycles. The first-order valence-corrected chi connectivity index (χ1v) is 6.31. The lowest BCUT2D eigenvalue weighted by molar-refractivity contribution is -0.139. The lowest BCUT2D eigenvalue weighted by Crippen LogP contribution is -2.39. The predicted molar refractivity (Wildman–Crippen MR) is 64.4 cm³/mol. The first-order valence-electron chi connectivity index (χ1n) is 6.31. The number of rotatable bonds is 2. The van der Waals surface area contributed by atoms with E-state index in [1.54, 1.807) is 0 Å². The Morgan fingerprint density at radius 3 is 2.65 bits per heavy atom. The average Bonchev–Trinajstić information content (AvgIpc) is 3.10. The van der Waals surface area contributed by atoms with Crippen LogP contribution in [0.3, 0.4) is 0 Å². The quantitative estimate of drug-likeness (QED) is 0.554. The zero-order valence-electron chi connectivity index (χ0n) is 10.2. The second kappa shape index (κ2) is 5.29. The van der Waals surface area contributed by atoms with E-state index >= 15 is 0 Å². The van der Waals surface area contributed by atoms with E-state index in [1.165, 1.54) is 6.42 Å². The molecule has 0 saturated heterocycles. The summed E-state index contributed by atoms with van der Waals surface area (Å²) in [5, 5.41) is 6.67. The van der Waals surface area contributed by atoms with E-state index in [0.717, 1.165) is 37.8 Å². The average molecular weight is 237 g/mol. The van der Waals surface area contributed by atoms with E-state index in [1.807, 2.05) is 0 Å². The van der Waals surface area contributed by atoms with Gasteiger partial charge in [-0.05, 0) is 44.4 Å². The molecule has 2 N–H and O–H groups in total. The summed E-state index contributed by atoms with van der Waals surface area (Å²) in [5.41, 5.74) is 3.34. The van der Waals surface area contributed by atoms with Crippen LogP contribution in [0.1, 0.15) is 45.4 Å². The van der Waals surface area contributed by atoms with Gasteiger partial charge in [0.1, 0.15) is 0 Å². The zero-order chi connectivity index (χ0) is 12.3. The number of hydrogen-bond donors (Lipinski definition) is 2. The van der Waals surface area contributed by atoms with Gasteiger partial charge >= 0.3 is 11.8 Å². The van der Waals surface area contributed by atoms with Crippen molar-refractivity contribution in [3.63, 3.8) is 0 Å². The van der Waals surface area contributed by atoms with Crippen molar-refractivity contribution in [2.45, 2.75) is 51.5 Å². The van der Waals surface area contributed by atoms with Crippen molar-refractivity contribution in [3.8, 4) is 0 Å². The molecule has 0 aromatic carbocycles. The molecule has 2 aliphatic carbocycles. The highest BCUT2D eigenvalue weighted by Gasteiger charge is 2.26. The van der Waals surface area contributed by atoms with E-state index in [-0.39, 0.29) is 6.04 Å². The number of amides is 2. The van der Waals surface area contributed by atoms with E-state index in [4.69, 9.17) is 0 Å². The fourth-order valence-corrected chi connectivity index (χ4v) is 2.02. The van der Waals surface area contributed by atoms with Crippen LogP contribution in [0.4, 0.5) is 0 Å². The van der Waals surface area contributed by atoms with Gasteiger partial charge in [-0.15, -0.1) is 0 Å². The number of nitrogens with one attached hydrogen (secondary N) is 2. The predicted octanol–water partition coefficient (Wildman–Crippen LogP) is 0.947. The maximum Gasteiger partial charge on any atom is 0.329 e. The summed E-state index contributed by atoms with van der Waals surface area (Å²) < 4.78 is 0. The molecule has 5 heteroatoms. The monoisotopic (exact) mass is 237 g/mol. The van der Waals surface area contributed by atoms with Crippen molar-refractivity contribution in [2.24, 2.45) is 11.0 Å². The Labute approximate surface area is 101 Å². The molecule has 0 aromatic rings. The van der Waals surface area contributed by atoms with Gasteiger partial charge in [-0.25, -0.2) is 5.43 Å². The highest BCUT2D eigenvalue weighted by Crippen LogP contribution is 2.21. The third-order valence-electron chi connectivity index (χ3n) is 3.18. The normalized spacial score (nSPS) is 26.6. The molecule has 0 heterocycles. The Balaban J connectivity index is 1.77. The summed E-state index contributed by atoms with van der Waals surface area (Å²) in [6.45, 7) is 2.18. The van der Waals surface area contributed by atoms with Gasteiger partial charge in [0.25, 0.3) is 0 Å². The summed E-state index contributed by atoms with van der Waals surface area (Å²) in [6.07, 6.45) is 6.13. The first-order chi connectivity index (χ1) is 8.15. The Morgan fingerprint density at radius 1 is 1.24 bits per heavy atom. The van der Waals surface area contributed by atoms with Gasteiger partial charge in [0.2, 0.25) is 0 Å². The highest BCUT2D eigenvalue weighted by atomic mass is 16.2. The summed E-state index contributed by atoms with van der Waals surface area (Å²) >= 11 is 0. The van der Waals surface area contributed by atoms with Crippen LogP contribution in [0, 0.1) is 5.92 Å². The zero-order valence-corrected chi connectivity index (χ0v) is 10.2. The molecule has 2 amide bonds. The number of nitrogens with zero attached hydrogens (tertiary/aromatic N) is 1. The van der Waals surface area contributed by atoms with Gasteiger partial charge in [-0.1, -0.05) is 6.92 Å². The van der Waals surface area contributed by atoms with Crippen LogP contribution in [0.5, 0.6) is 0 Å². The van der Waals surface area contributed by atoms with Crippen molar-refractivity contribution in [1.29, 1.82) is 0 Å². The molecule has 1 atom stereocenters. The molecule has 94 valence electrons. The van der Waals surface area contributed by atoms with Gasteiger partial charge < -0.3 is 5.32 Å². The topological polar surface area (TPSA) is 70.6 Å². The van der Waals surface area contributed by atoms with E-state index < -0.39 is 11.8 Å². The molecule has 5 nitrogen and oxygen atoms in total. The van der Waals surface area contributed by atoms with Crippen molar-refractivity contribution in [3.05, 3.63) is 0 Å². The van der Waals surface area contributed by atoms with Crippen molar-refractivity contribution in [2.75, 3.05) is 0 Å². The van der Waals surface area contributed by atoms with E-state index in [0.29, 0.717) is 5.92 Å². The Kier molecular flexibility index (Phi) is 3.76. The molecule has 2 fully saturated rings. The number of hydrazone groups is 1. The van der Waals surface area contributed by atoms with Crippen LogP contribution in [-0.2, 0) is 9.59 Å². The molecular formula is C12H19N3O2. The van der Waals surface area contributed by atoms with Crippen LogP contribution >= 0.6 is 0 Å². The molecule has 0 radical (unpaired) electrons. The molecule has 2 rings (SSSR count). The number of carbonyl (C=O) groups excluding carboxylic acids is 2. The molecule has 17 heavy (non-hydrogen) atoms. The fraction of sp³-hybridized carbons (Fsp3) is 0.750. The molecule has 0 bridgehead atoms. The second-order valence-electron chi connectivity index (χ2n) is 5.07. The van der Waals surface area contributed by atoms with Crippen LogP contribution in [0.2, 0.25) is 0 Å². The molecule has 0 unspecified atom stereocenters. The summed E-state index contributed by atoms with van der Waals surface area (Å²) in [5.74, 6) is -0.594. The van der Waals surface area contributed by atoms with Gasteiger partial charge in [0, 0.05) is 11.8 Å². The maximum atomic E-state index is 11.4. The van der Waals surface area contributed by atoms with Gasteiger partial charge in [-0.3, -0.25) is 9.59 Å². The highest BCUT2D eigenvalue weighted by molar-refractivity contribution is 6.35. The minimum absolute atomic E-state index is 0.204. The maximum absolute atomic E-state index is 11.4.